The molecule has 0 saturated carbocycles. The van der Waals surface area contributed by atoms with Crippen molar-refractivity contribution < 1.29 is 9.53 Å². The fourth-order valence-electron chi connectivity index (χ4n) is 2.95. The van der Waals surface area contributed by atoms with E-state index in [2.05, 4.69) is 15.6 Å². The molecular weight excluding hydrogens is 316 g/mol. The molecule has 0 bridgehead atoms. The molecule has 1 amide bonds. The first-order chi connectivity index (χ1) is 12.0. The molecule has 2 N–H and O–H groups in total. The van der Waals surface area contributed by atoms with Crippen molar-refractivity contribution in [3.8, 4) is 5.75 Å². The predicted molar refractivity (Wildman–Crippen MR) is 101 cm³/mol. The van der Waals surface area contributed by atoms with Crippen LogP contribution in [0.2, 0.25) is 0 Å². The number of para-hydroxylation sites is 1. The lowest BCUT2D eigenvalue weighted by atomic mass is 10.2. The number of benzene rings is 1. The van der Waals surface area contributed by atoms with Gasteiger partial charge in [-0.05, 0) is 19.4 Å². The molecule has 1 aromatic carbocycles. The Morgan fingerprint density at radius 1 is 1.40 bits per heavy atom. The van der Waals surface area contributed by atoms with E-state index in [1.165, 1.54) is 0 Å². The summed E-state index contributed by atoms with van der Waals surface area (Å²) >= 11 is 0. The third kappa shape index (κ3) is 5.37. The van der Waals surface area contributed by atoms with Crippen LogP contribution in [0.25, 0.3) is 0 Å². The number of rotatable bonds is 6. The molecule has 1 heterocycles. The molecule has 6 heteroatoms. The van der Waals surface area contributed by atoms with Gasteiger partial charge in [-0.3, -0.25) is 4.79 Å². The van der Waals surface area contributed by atoms with Crippen LogP contribution in [-0.2, 0) is 11.3 Å². The summed E-state index contributed by atoms with van der Waals surface area (Å²) in [5, 5.41) is 6.73. The van der Waals surface area contributed by atoms with Crippen LogP contribution < -0.4 is 15.4 Å². The van der Waals surface area contributed by atoms with E-state index in [0.29, 0.717) is 6.54 Å². The second kappa shape index (κ2) is 9.30. The van der Waals surface area contributed by atoms with Gasteiger partial charge in [-0.2, -0.15) is 0 Å². The van der Waals surface area contributed by atoms with E-state index in [1.807, 2.05) is 49.9 Å². The highest BCUT2D eigenvalue weighted by Crippen LogP contribution is 2.18. The van der Waals surface area contributed by atoms with E-state index >= 15 is 0 Å². The monoisotopic (exact) mass is 346 g/mol. The Kier molecular flexibility index (Phi) is 7.10. The SMILES string of the molecule is CCNC(=NCc1ccccc1OC)NC1CCN(C(=O)C(C)C)C1. The van der Waals surface area contributed by atoms with E-state index in [1.54, 1.807) is 7.11 Å². The van der Waals surface area contributed by atoms with Gasteiger partial charge in [0.15, 0.2) is 5.96 Å². The van der Waals surface area contributed by atoms with Crippen molar-refractivity contribution in [3.63, 3.8) is 0 Å². The summed E-state index contributed by atoms with van der Waals surface area (Å²) in [5.74, 6) is 1.89. The van der Waals surface area contributed by atoms with Crippen molar-refractivity contribution in [1.29, 1.82) is 0 Å². The molecule has 1 saturated heterocycles. The van der Waals surface area contributed by atoms with Crippen molar-refractivity contribution >= 4 is 11.9 Å². The topological polar surface area (TPSA) is 66.0 Å². The summed E-state index contributed by atoms with van der Waals surface area (Å²) in [6.07, 6.45) is 0.942. The van der Waals surface area contributed by atoms with E-state index in [4.69, 9.17) is 4.74 Å². The van der Waals surface area contributed by atoms with Gasteiger partial charge in [0.1, 0.15) is 5.75 Å². The average Bonchev–Trinajstić information content (AvgIpc) is 3.07. The Bertz CT molecular complexity index is 601. The second-order valence-electron chi connectivity index (χ2n) is 6.58. The maximum Gasteiger partial charge on any atom is 0.225 e. The second-order valence-corrected chi connectivity index (χ2v) is 6.58. The zero-order valence-corrected chi connectivity index (χ0v) is 15.7. The summed E-state index contributed by atoms with van der Waals surface area (Å²) < 4.78 is 5.38. The number of hydrogen-bond acceptors (Lipinski definition) is 3. The number of likely N-dealkylation sites (tertiary alicyclic amines) is 1. The zero-order chi connectivity index (χ0) is 18.2. The number of ether oxygens (including phenoxy) is 1. The van der Waals surface area contributed by atoms with Crippen LogP contribution >= 0.6 is 0 Å². The van der Waals surface area contributed by atoms with Crippen LogP contribution in [0.1, 0.15) is 32.8 Å². The number of carbonyl (C=O) groups is 1. The Hall–Kier alpha value is -2.24. The molecule has 1 aliphatic heterocycles. The summed E-state index contributed by atoms with van der Waals surface area (Å²) in [6.45, 7) is 8.81. The van der Waals surface area contributed by atoms with E-state index in [0.717, 1.165) is 43.3 Å². The molecule has 1 fully saturated rings. The van der Waals surface area contributed by atoms with Crippen LogP contribution in [-0.4, -0.2) is 49.6 Å². The lowest BCUT2D eigenvalue weighted by Crippen LogP contribution is -2.45. The van der Waals surface area contributed by atoms with Gasteiger partial charge >= 0.3 is 0 Å². The van der Waals surface area contributed by atoms with E-state index < -0.39 is 0 Å². The highest BCUT2D eigenvalue weighted by Gasteiger charge is 2.27. The maximum atomic E-state index is 12.1. The first-order valence-electron chi connectivity index (χ1n) is 9.00. The van der Waals surface area contributed by atoms with E-state index in [-0.39, 0.29) is 17.9 Å². The van der Waals surface area contributed by atoms with Crippen LogP contribution in [0.3, 0.4) is 0 Å². The number of nitrogens with one attached hydrogen (secondary N) is 2. The molecular formula is C19H30N4O2. The standard InChI is InChI=1S/C19H30N4O2/c1-5-20-19(21-12-15-8-6-7-9-17(15)25-4)22-16-10-11-23(13-16)18(24)14(2)3/h6-9,14,16H,5,10-13H2,1-4H3,(H2,20,21,22). The molecule has 0 spiro atoms. The van der Waals surface area contributed by atoms with Gasteiger partial charge in [-0.15, -0.1) is 0 Å². The van der Waals surface area contributed by atoms with Crippen LogP contribution in [0.15, 0.2) is 29.3 Å². The molecule has 0 radical (unpaired) electrons. The molecule has 1 unspecified atom stereocenters. The minimum absolute atomic E-state index is 0.0474. The van der Waals surface area contributed by atoms with Gasteiger partial charge in [0, 0.05) is 37.2 Å². The van der Waals surface area contributed by atoms with Crippen molar-refractivity contribution in [2.75, 3.05) is 26.7 Å². The minimum Gasteiger partial charge on any atom is -0.496 e. The summed E-state index contributed by atoms with van der Waals surface area (Å²) in [4.78, 5) is 18.7. The van der Waals surface area contributed by atoms with Gasteiger partial charge in [-0.1, -0.05) is 32.0 Å². The van der Waals surface area contributed by atoms with Gasteiger partial charge in [0.2, 0.25) is 5.91 Å². The summed E-state index contributed by atoms with van der Waals surface area (Å²) in [7, 11) is 1.67. The lowest BCUT2D eigenvalue weighted by Gasteiger charge is -2.20. The molecule has 1 atom stereocenters. The number of carbonyl (C=O) groups excluding carboxylic acids is 1. The largest absolute Gasteiger partial charge is 0.496 e. The number of guanidine groups is 1. The van der Waals surface area contributed by atoms with Crippen molar-refractivity contribution in [1.82, 2.24) is 15.5 Å². The molecule has 0 aromatic heterocycles. The van der Waals surface area contributed by atoms with Crippen LogP contribution in [0.5, 0.6) is 5.75 Å². The van der Waals surface area contributed by atoms with Crippen LogP contribution in [0.4, 0.5) is 0 Å². The normalized spacial score (nSPS) is 17.7. The third-order valence-electron chi connectivity index (χ3n) is 4.28. The number of amides is 1. The number of nitrogens with zero attached hydrogens (tertiary/aromatic N) is 2. The van der Waals surface area contributed by atoms with Crippen molar-refractivity contribution in [3.05, 3.63) is 29.8 Å². The van der Waals surface area contributed by atoms with Gasteiger partial charge in [0.25, 0.3) is 0 Å². The summed E-state index contributed by atoms with van der Waals surface area (Å²) in [5.41, 5.74) is 1.05. The Morgan fingerprint density at radius 2 is 2.16 bits per heavy atom. The van der Waals surface area contributed by atoms with E-state index in [9.17, 15) is 4.79 Å². The fourth-order valence-corrected chi connectivity index (χ4v) is 2.95. The molecule has 0 aliphatic carbocycles. The molecule has 6 nitrogen and oxygen atoms in total. The Labute approximate surface area is 150 Å². The molecule has 1 aliphatic rings. The van der Waals surface area contributed by atoms with Gasteiger partial charge in [0.05, 0.1) is 13.7 Å². The first-order valence-corrected chi connectivity index (χ1v) is 9.00. The van der Waals surface area contributed by atoms with Crippen molar-refractivity contribution in [2.24, 2.45) is 10.9 Å². The lowest BCUT2D eigenvalue weighted by molar-refractivity contribution is -0.133. The Balaban J connectivity index is 1.98. The molecule has 25 heavy (non-hydrogen) atoms. The third-order valence-corrected chi connectivity index (χ3v) is 4.28. The first kappa shape index (κ1) is 19.1. The summed E-state index contributed by atoms with van der Waals surface area (Å²) in [6, 6.07) is 8.13. The average molecular weight is 346 g/mol. The molecule has 138 valence electrons. The minimum atomic E-state index is 0.0474. The predicted octanol–water partition coefficient (Wildman–Crippen LogP) is 2.01. The molecule has 1 aromatic rings. The highest BCUT2D eigenvalue weighted by atomic mass is 16.5. The number of aliphatic imine (C=N–C) groups is 1. The molecule has 2 rings (SSSR count). The smallest absolute Gasteiger partial charge is 0.225 e. The zero-order valence-electron chi connectivity index (χ0n) is 15.7. The highest BCUT2D eigenvalue weighted by molar-refractivity contribution is 5.81. The van der Waals surface area contributed by atoms with Crippen molar-refractivity contribution in [2.45, 2.75) is 39.8 Å². The van der Waals surface area contributed by atoms with Gasteiger partial charge < -0.3 is 20.3 Å². The van der Waals surface area contributed by atoms with Gasteiger partial charge in [-0.25, -0.2) is 4.99 Å². The fraction of sp³-hybridized carbons (Fsp3) is 0.579. The number of methoxy groups -OCH3 is 1. The van der Waals surface area contributed by atoms with Crippen LogP contribution in [0, 0.1) is 5.92 Å². The number of hydrogen-bond donors (Lipinski definition) is 2. The maximum absolute atomic E-state index is 12.1. The quantitative estimate of drug-likeness (QED) is 0.611. The Morgan fingerprint density at radius 3 is 2.84 bits per heavy atom.